The van der Waals surface area contributed by atoms with Gasteiger partial charge in [-0.25, -0.2) is 8.42 Å². The first-order valence-electron chi connectivity index (χ1n) is 8.45. The van der Waals surface area contributed by atoms with Crippen LogP contribution in [0.3, 0.4) is 0 Å². The van der Waals surface area contributed by atoms with Crippen molar-refractivity contribution in [1.29, 1.82) is 0 Å². The van der Waals surface area contributed by atoms with Gasteiger partial charge in [0.15, 0.2) is 0 Å². The number of aromatic amines is 1. The summed E-state index contributed by atoms with van der Waals surface area (Å²) in [7, 11) is -1.90. The molecule has 0 spiro atoms. The number of ether oxygens (including phenoxy) is 1. The Bertz CT molecular complexity index is 1170. The van der Waals surface area contributed by atoms with E-state index in [0.717, 1.165) is 11.8 Å². The molecule has 0 aliphatic rings. The number of benzene rings is 2. The van der Waals surface area contributed by atoms with Gasteiger partial charge in [-0.2, -0.15) is 5.10 Å². The topological polar surface area (TPSA) is 113 Å². The lowest BCUT2D eigenvalue weighted by Gasteiger charge is -2.10. The summed E-state index contributed by atoms with van der Waals surface area (Å²) in [5.74, 6) is 0.141. The molecule has 0 saturated carbocycles. The number of amides is 1. The summed E-state index contributed by atoms with van der Waals surface area (Å²) in [5.41, 5.74) is 2.91. The number of anilines is 2. The molecule has 0 aliphatic carbocycles. The molecule has 3 rings (SSSR count). The molecule has 2 aromatic carbocycles. The molecule has 8 nitrogen and oxygen atoms in total. The molecule has 3 aromatic rings. The number of sulfonamides is 1. The van der Waals surface area contributed by atoms with Gasteiger partial charge in [-0.15, -0.1) is 0 Å². The Morgan fingerprint density at radius 3 is 2.62 bits per heavy atom. The number of nitrogens with one attached hydrogen (secondary N) is 3. The Morgan fingerprint density at radius 1 is 1.17 bits per heavy atom. The first-order valence-corrected chi connectivity index (χ1v) is 10.7. The largest absolute Gasteiger partial charge is 0.496 e. The fourth-order valence-electron chi connectivity index (χ4n) is 2.66. The molecule has 0 unspecified atom stereocenters. The summed E-state index contributed by atoms with van der Waals surface area (Å²) in [6, 6.07) is 11.6. The molecule has 10 heteroatoms. The quantitative estimate of drug-likeness (QED) is 0.547. The van der Waals surface area contributed by atoms with Crippen molar-refractivity contribution in [3.05, 3.63) is 58.7 Å². The number of nitrogens with zero attached hydrogens (tertiary/aromatic N) is 1. The highest BCUT2D eigenvalue weighted by molar-refractivity contribution is 7.92. The Labute approximate surface area is 173 Å². The highest BCUT2D eigenvalue weighted by Crippen LogP contribution is 2.31. The highest BCUT2D eigenvalue weighted by atomic mass is 35.5. The normalized spacial score (nSPS) is 11.2. The molecule has 0 bridgehead atoms. The Balaban J connectivity index is 1.83. The minimum Gasteiger partial charge on any atom is -0.496 e. The van der Waals surface area contributed by atoms with Gasteiger partial charge in [0.25, 0.3) is 5.91 Å². The lowest BCUT2D eigenvalue weighted by atomic mass is 10.1. The smallest absolute Gasteiger partial charge is 0.273 e. The van der Waals surface area contributed by atoms with E-state index >= 15 is 0 Å². The summed E-state index contributed by atoms with van der Waals surface area (Å²) in [6.07, 6.45) is 1.06. The van der Waals surface area contributed by atoms with E-state index in [1.165, 1.54) is 7.11 Å². The predicted octanol–water partition coefficient (Wildman–Crippen LogP) is 3.67. The van der Waals surface area contributed by atoms with Crippen molar-refractivity contribution in [2.45, 2.75) is 6.92 Å². The van der Waals surface area contributed by atoms with Crippen molar-refractivity contribution < 1.29 is 17.9 Å². The van der Waals surface area contributed by atoms with Gasteiger partial charge in [-0.1, -0.05) is 17.7 Å². The molecular formula is C19H19ClN4O4S. The van der Waals surface area contributed by atoms with Crippen LogP contribution in [-0.4, -0.2) is 37.9 Å². The first kappa shape index (κ1) is 20.7. The standard InChI is InChI=1S/C19H19ClN4O4S/c1-11-4-6-13(9-15(11)24-29(3,26)27)21-19(25)17-10-16(22-23-17)14-8-12(20)5-7-18(14)28-2/h4-10,24H,1-3H3,(H,21,25)(H,22,23). The second-order valence-electron chi connectivity index (χ2n) is 6.37. The first-order chi connectivity index (χ1) is 13.7. The summed E-state index contributed by atoms with van der Waals surface area (Å²) in [6.45, 7) is 1.76. The number of halogens is 1. The zero-order chi connectivity index (χ0) is 21.2. The Kier molecular flexibility index (Phi) is 5.81. The molecule has 0 aliphatic heterocycles. The average Bonchev–Trinajstić information content (AvgIpc) is 3.13. The van der Waals surface area contributed by atoms with Gasteiger partial charge >= 0.3 is 0 Å². The van der Waals surface area contributed by atoms with Crippen LogP contribution in [0.15, 0.2) is 42.5 Å². The third-order valence-corrected chi connectivity index (χ3v) is 4.88. The Hall–Kier alpha value is -3.04. The number of hydrogen-bond donors (Lipinski definition) is 3. The van der Waals surface area contributed by atoms with Crippen LogP contribution in [0, 0.1) is 6.92 Å². The molecule has 1 amide bonds. The second-order valence-corrected chi connectivity index (χ2v) is 8.55. The van der Waals surface area contributed by atoms with E-state index in [-0.39, 0.29) is 5.69 Å². The minimum absolute atomic E-state index is 0.222. The number of aryl methyl sites for hydroxylation is 1. The van der Waals surface area contributed by atoms with Crippen LogP contribution in [0.1, 0.15) is 16.1 Å². The van der Waals surface area contributed by atoms with Crippen molar-refractivity contribution in [1.82, 2.24) is 10.2 Å². The summed E-state index contributed by atoms with van der Waals surface area (Å²) in [5, 5.41) is 10.1. The monoisotopic (exact) mass is 434 g/mol. The Morgan fingerprint density at radius 2 is 1.93 bits per heavy atom. The fraction of sp³-hybridized carbons (Fsp3) is 0.158. The number of H-pyrrole nitrogens is 1. The third kappa shape index (κ3) is 5.07. The highest BCUT2D eigenvalue weighted by Gasteiger charge is 2.15. The lowest BCUT2D eigenvalue weighted by Crippen LogP contribution is -2.14. The van der Waals surface area contributed by atoms with Crippen molar-refractivity contribution in [2.75, 3.05) is 23.4 Å². The van der Waals surface area contributed by atoms with Gasteiger partial charge < -0.3 is 10.1 Å². The number of methoxy groups -OCH3 is 1. The number of carbonyl (C=O) groups is 1. The van der Waals surface area contributed by atoms with Crippen LogP contribution in [-0.2, 0) is 10.0 Å². The number of carbonyl (C=O) groups excluding carboxylic acids is 1. The van der Waals surface area contributed by atoms with E-state index in [1.54, 1.807) is 49.4 Å². The summed E-state index contributed by atoms with van der Waals surface area (Å²) in [4.78, 5) is 12.6. The number of rotatable bonds is 6. The molecule has 152 valence electrons. The van der Waals surface area contributed by atoms with Crippen molar-refractivity contribution in [3.63, 3.8) is 0 Å². The maximum atomic E-state index is 12.6. The molecule has 29 heavy (non-hydrogen) atoms. The molecule has 3 N–H and O–H groups in total. The summed E-state index contributed by atoms with van der Waals surface area (Å²) >= 11 is 6.05. The average molecular weight is 435 g/mol. The van der Waals surface area contributed by atoms with E-state index in [2.05, 4.69) is 20.2 Å². The van der Waals surface area contributed by atoms with Gasteiger partial charge in [0.2, 0.25) is 10.0 Å². The van der Waals surface area contributed by atoms with Crippen LogP contribution in [0.25, 0.3) is 11.3 Å². The van der Waals surface area contributed by atoms with Crippen molar-refractivity contribution in [3.8, 4) is 17.0 Å². The van der Waals surface area contributed by atoms with Gasteiger partial charge in [-0.3, -0.25) is 14.6 Å². The molecule has 1 aromatic heterocycles. The maximum absolute atomic E-state index is 12.6. The molecule has 0 radical (unpaired) electrons. The molecular weight excluding hydrogens is 416 g/mol. The van der Waals surface area contributed by atoms with Gasteiger partial charge in [-0.05, 0) is 48.9 Å². The van der Waals surface area contributed by atoms with Gasteiger partial charge in [0, 0.05) is 16.3 Å². The van der Waals surface area contributed by atoms with Crippen molar-refractivity contribution in [2.24, 2.45) is 0 Å². The SMILES string of the molecule is COc1ccc(Cl)cc1-c1cc(C(=O)Nc2ccc(C)c(NS(C)(=O)=O)c2)[nH]n1. The molecule has 0 fully saturated rings. The van der Waals surface area contributed by atoms with Gasteiger partial charge in [0.1, 0.15) is 11.4 Å². The maximum Gasteiger partial charge on any atom is 0.273 e. The van der Waals surface area contributed by atoms with Crippen molar-refractivity contribution >= 4 is 38.9 Å². The minimum atomic E-state index is -3.44. The van der Waals surface area contributed by atoms with Crippen LogP contribution in [0.5, 0.6) is 5.75 Å². The van der Waals surface area contributed by atoms with Crippen LogP contribution < -0.4 is 14.8 Å². The predicted molar refractivity (Wildman–Crippen MR) is 113 cm³/mol. The second kappa shape index (κ2) is 8.14. The van der Waals surface area contributed by atoms with E-state index in [0.29, 0.717) is 33.4 Å². The number of aromatic nitrogens is 2. The molecule has 0 atom stereocenters. The molecule has 1 heterocycles. The lowest BCUT2D eigenvalue weighted by molar-refractivity contribution is 0.102. The van der Waals surface area contributed by atoms with Crippen LogP contribution >= 0.6 is 11.6 Å². The van der Waals surface area contributed by atoms with E-state index < -0.39 is 15.9 Å². The van der Waals surface area contributed by atoms with E-state index in [1.807, 2.05) is 0 Å². The van der Waals surface area contributed by atoms with Crippen LogP contribution in [0.2, 0.25) is 5.02 Å². The number of hydrogen-bond acceptors (Lipinski definition) is 5. The third-order valence-electron chi connectivity index (χ3n) is 4.05. The van der Waals surface area contributed by atoms with Gasteiger partial charge in [0.05, 0.1) is 24.7 Å². The van der Waals surface area contributed by atoms with Crippen LogP contribution in [0.4, 0.5) is 11.4 Å². The van der Waals surface area contributed by atoms with E-state index in [9.17, 15) is 13.2 Å². The fourth-order valence-corrected chi connectivity index (χ4v) is 3.46. The molecule has 0 saturated heterocycles. The van der Waals surface area contributed by atoms with E-state index in [4.69, 9.17) is 16.3 Å². The zero-order valence-corrected chi connectivity index (χ0v) is 17.5. The zero-order valence-electron chi connectivity index (χ0n) is 15.9. The summed E-state index contributed by atoms with van der Waals surface area (Å²) < 4.78 is 30.7.